The molecule has 0 spiro atoms. The molecule has 0 aliphatic rings. The van der Waals surface area contributed by atoms with Crippen LogP contribution in [0.1, 0.15) is 13.8 Å². The maximum absolute atomic E-state index is 10.3. The van der Waals surface area contributed by atoms with Crippen molar-refractivity contribution in [3.8, 4) is 0 Å². The molecule has 55 valence electrons. The van der Waals surface area contributed by atoms with Crippen molar-refractivity contribution in [1.29, 1.82) is 0 Å². The monoisotopic (exact) mass is 174 g/mol. The molecule has 0 heterocycles. The zero-order valence-electron chi connectivity index (χ0n) is 5.10. The molecule has 0 saturated carbocycles. The number of nitrogens with zero attached hydrogens (tertiary/aromatic N) is 1. The molecule has 0 rings (SSSR count). The fourth-order valence-corrected chi connectivity index (χ4v) is 0.373. The number of hydrogen-bond acceptors (Lipinski definition) is 3. The number of hydroxylamine groups is 2. The van der Waals surface area contributed by atoms with E-state index < -0.39 is 0 Å². The van der Waals surface area contributed by atoms with E-state index in [2.05, 4.69) is 15.5 Å². The summed E-state index contributed by atoms with van der Waals surface area (Å²) in [4.78, 5) is 0. The van der Waals surface area contributed by atoms with Gasteiger partial charge in [-0.2, -0.15) is 0 Å². The Labute approximate surface area is 61.1 Å². The summed E-state index contributed by atoms with van der Waals surface area (Å²) < 4.78 is 0.327. The minimum atomic E-state index is 0.269. The third-order valence-electron chi connectivity index (χ3n) is 0.945. The fourth-order valence-electron chi connectivity index (χ4n) is 0.198. The molecule has 5 heteroatoms. The quantitative estimate of drug-likeness (QED) is 0.622. The van der Waals surface area contributed by atoms with Gasteiger partial charge in [0.05, 0.1) is 0 Å². The molecule has 0 aromatic rings. The van der Waals surface area contributed by atoms with Crippen LogP contribution < -0.4 is 5.48 Å². The van der Waals surface area contributed by atoms with Crippen LogP contribution in [-0.2, 0) is 15.5 Å². The van der Waals surface area contributed by atoms with Gasteiger partial charge in [-0.1, -0.05) is 0 Å². The molecule has 0 unspecified atom stereocenters. The molecule has 0 amide bonds. The first-order valence-electron chi connectivity index (χ1n) is 2.26. The second-order valence-corrected chi connectivity index (χ2v) is 1.96. The van der Waals surface area contributed by atoms with Crippen molar-refractivity contribution in [2.75, 3.05) is 0 Å². The van der Waals surface area contributed by atoms with Gasteiger partial charge >= 0.3 is 60.4 Å². The van der Waals surface area contributed by atoms with E-state index in [0.717, 1.165) is 0 Å². The van der Waals surface area contributed by atoms with Crippen molar-refractivity contribution < 1.29 is 19.3 Å². The third-order valence-corrected chi connectivity index (χ3v) is 1.29. The zero-order chi connectivity index (χ0) is 7.44. The van der Waals surface area contributed by atoms with E-state index in [4.69, 9.17) is 0 Å². The maximum atomic E-state index is 10.3. The minimum absolute atomic E-state index is 0.269. The predicted octanol–water partition coefficient (Wildman–Crippen LogP) is 0.566. The van der Waals surface area contributed by atoms with Gasteiger partial charge in [0.1, 0.15) is 0 Å². The Morgan fingerprint density at radius 3 is 2.11 bits per heavy atom. The van der Waals surface area contributed by atoms with Crippen molar-refractivity contribution in [2.45, 2.75) is 13.8 Å². The van der Waals surface area contributed by atoms with Crippen molar-refractivity contribution >= 4 is 0 Å². The summed E-state index contributed by atoms with van der Waals surface area (Å²) in [7, 11) is 0. The Morgan fingerprint density at radius 2 is 2.00 bits per heavy atom. The predicted molar refractivity (Wildman–Crippen MR) is 28.5 cm³/mol. The van der Waals surface area contributed by atoms with Gasteiger partial charge in [0.2, 0.25) is 0 Å². The molecule has 0 radical (unpaired) electrons. The van der Waals surface area contributed by atoms with E-state index in [1.54, 1.807) is 5.48 Å². The van der Waals surface area contributed by atoms with E-state index in [1.165, 1.54) is 13.8 Å². The van der Waals surface area contributed by atoms with E-state index in [1.807, 2.05) is 0 Å². The normalized spacial score (nSPS) is 12.6. The molecule has 0 aliphatic carbocycles. The van der Waals surface area contributed by atoms with Crippen molar-refractivity contribution in [3.05, 3.63) is 21.8 Å². The molecule has 0 aromatic heterocycles. The van der Waals surface area contributed by atoms with Crippen LogP contribution in [0.5, 0.6) is 0 Å². The van der Waals surface area contributed by atoms with E-state index >= 15 is 0 Å². The summed E-state index contributed by atoms with van der Waals surface area (Å²) in [5.74, 6) is 0. The van der Waals surface area contributed by atoms with Gasteiger partial charge in [0.15, 0.2) is 0 Å². The molecule has 0 bridgehead atoms. The van der Waals surface area contributed by atoms with E-state index in [0.29, 0.717) is 3.74 Å². The molecule has 0 atom stereocenters. The summed E-state index contributed by atoms with van der Waals surface area (Å²) >= 11 is 3.47. The topological polar surface area (TPSA) is 61.2 Å². The zero-order valence-corrected chi connectivity index (χ0v) is 6.14. The molecule has 4 nitrogen and oxygen atoms in total. The number of hydrogen-bond donors (Lipinski definition) is 1. The second kappa shape index (κ2) is 3.73. The summed E-state index contributed by atoms with van der Waals surface area (Å²) in [5.41, 5.74) is 2.13. The first-order valence-corrected chi connectivity index (χ1v) is 2.72. The third kappa shape index (κ3) is 2.71. The molecule has 1 N–H and O–H groups in total. The standard InChI is InChI=1S/C4H7N2O2.Co/c1-3(5-7)4(2)6-8;/h5H,1-2H3;/q-1;/b4-3-;. The second-order valence-electron chi connectivity index (χ2n) is 1.54. The average Bonchev–Trinajstić information content (AvgIpc) is 1.84. The summed E-state index contributed by atoms with van der Waals surface area (Å²) in [6.45, 7) is 3.00. The van der Waals surface area contributed by atoms with Crippen LogP contribution in [0.2, 0.25) is 0 Å². The van der Waals surface area contributed by atoms with Crippen molar-refractivity contribution in [1.82, 2.24) is 5.48 Å². The molecular formula is C4H7CoN2O2-. The van der Waals surface area contributed by atoms with Crippen LogP contribution in [-0.4, -0.2) is 3.74 Å². The Hall–Kier alpha value is -0.234. The van der Waals surface area contributed by atoms with E-state index in [9.17, 15) is 10.4 Å². The molecule has 9 heavy (non-hydrogen) atoms. The van der Waals surface area contributed by atoms with Gasteiger partial charge in [-0.05, 0) is 0 Å². The van der Waals surface area contributed by atoms with Gasteiger partial charge < -0.3 is 0 Å². The number of allylic oxidation sites excluding steroid dienone is 2. The molecule has 0 saturated heterocycles. The molecule has 0 aliphatic heterocycles. The Bertz CT molecular complexity index is 155. The van der Waals surface area contributed by atoms with Crippen molar-refractivity contribution in [3.63, 3.8) is 0 Å². The molecular weight excluding hydrogens is 167 g/mol. The van der Waals surface area contributed by atoms with Crippen LogP contribution >= 0.6 is 0 Å². The number of nitrogens with one attached hydrogen (secondary N) is 1. The number of rotatable bonds is 2. The van der Waals surface area contributed by atoms with E-state index in [-0.39, 0.29) is 11.4 Å². The molecule has 0 aromatic carbocycles. The van der Waals surface area contributed by atoms with Gasteiger partial charge in [-0.3, -0.25) is 0 Å². The van der Waals surface area contributed by atoms with Gasteiger partial charge in [0.25, 0.3) is 0 Å². The summed E-state index contributed by atoms with van der Waals surface area (Å²) in [6.07, 6.45) is 0. The first kappa shape index (κ1) is 8.77. The van der Waals surface area contributed by atoms with Gasteiger partial charge in [0, 0.05) is 0 Å². The summed E-state index contributed by atoms with van der Waals surface area (Å²) in [5, 5.41) is 20.2. The molecule has 0 fully saturated rings. The average molecular weight is 174 g/mol. The van der Waals surface area contributed by atoms with Crippen LogP contribution in [0.3, 0.4) is 0 Å². The Kier molecular flexibility index (Phi) is 3.63. The Balaban J connectivity index is 4.28. The van der Waals surface area contributed by atoms with Crippen LogP contribution in [0.25, 0.3) is 0 Å². The SMILES string of the molecule is C/C(N[O-])=C(\C)[N+]([O-])=[Co]. The van der Waals surface area contributed by atoms with Crippen LogP contribution in [0.15, 0.2) is 11.4 Å². The fraction of sp³-hybridized carbons (Fsp3) is 0.500. The van der Waals surface area contributed by atoms with Crippen LogP contribution in [0.4, 0.5) is 0 Å². The van der Waals surface area contributed by atoms with Gasteiger partial charge in [-0.15, -0.1) is 0 Å². The van der Waals surface area contributed by atoms with Crippen LogP contribution in [0, 0.1) is 10.4 Å². The first-order chi connectivity index (χ1) is 4.09. The summed E-state index contributed by atoms with van der Waals surface area (Å²) in [6, 6.07) is 0. The van der Waals surface area contributed by atoms with Gasteiger partial charge in [-0.25, -0.2) is 0 Å². The van der Waals surface area contributed by atoms with Crippen molar-refractivity contribution in [2.24, 2.45) is 0 Å². The Morgan fingerprint density at radius 1 is 1.56 bits per heavy atom.